The zero-order chi connectivity index (χ0) is 12.5. The van der Waals surface area contributed by atoms with Gasteiger partial charge < -0.3 is 4.74 Å². The summed E-state index contributed by atoms with van der Waals surface area (Å²) in [5.74, 6) is -0.304. The molecule has 0 saturated heterocycles. The van der Waals surface area contributed by atoms with Crippen molar-refractivity contribution < 1.29 is 9.53 Å². The van der Waals surface area contributed by atoms with Gasteiger partial charge in [0, 0.05) is 6.08 Å². The third kappa shape index (κ3) is 5.16. The second kappa shape index (κ2) is 7.44. The lowest BCUT2D eigenvalue weighted by Gasteiger charge is -1.97. The van der Waals surface area contributed by atoms with E-state index in [-0.39, 0.29) is 5.97 Å². The number of esters is 1. The van der Waals surface area contributed by atoms with E-state index in [1.54, 1.807) is 13.0 Å². The molecule has 90 valence electrons. The summed E-state index contributed by atoms with van der Waals surface area (Å²) in [6.07, 6.45) is 8.41. The van der Waals surface area contributed by atoms with Crippen molar-refractivity contribution in [2.75, 3.05) is 6.61 Å². The van der Waals surface area contributed by atoms with E-state index < -0.39 is 0 Å². The van der Waals surface area contributed by atoms with Crippen LogP contribution in [0.4, 0.5) is 0 Å². The van der Waals surface area contributed by atoms with Crippen LogP contribution in [-0.4, -0.2) is 12.6 Å². The summed E-state index contributed by atoms with van der Waals surface area (Å²) in [6.45, 7) is 4.30. The maximum atomic E-state index is 11.2. The Hall–Kier alpha value is -1.83. The van der Waals surface area contributed by atoms with E-state index in [0.717, 1.165) is 17.5 Å². The number of hydrogen-bond acceptors (Lipinski definition) is 2. The van der Waals surface area contributed by atoms with Crippen molar-refractivity contribution in [3.05, 3.63) is 47.5 Å². The molecule has 0 atom stereocenters. The molecule has 0 aliphatic rings. The highest BCUT2D eigenvalue weighted by atomic mass is 16.5. The third-order valence-electron chi connectivity index (χ3n) is 2.16. The highest BCUT2D eigenvalue weighted by molar-refractivity contribution is 5.87. The molecule has 1 aromatic carbocycles. The van der Waals surface area contributed by atoms with Crippen LogP contribution < -0.4 is 0 Å². The lowest BCUT2D eigenvalue weighted by atomic mass is 10.1. The highest BCUT2D eigenvalue weighted by Gasteiger charge is 1.94. The van der Waals surface area contributed by atoms with E-state index in [1.165, 1.54) is 6.08 Å². The van der Waals surface area contributed by atoms with Gasteiger partial charge >= 0.3 is 5.97 Å². The molecule has 0 unspecified atom stereocenters. The van der Waals surface area contributed by atoms with Crippen LogP contribution in [0.3, 0.4) is 0 Å². The van der Waals surface area contributed by atoms with Gasteiger partial charge in [0.15, 0.2) is 0 Å². The lowest BCUT2D eigenvalue weighted by molar-refractivity contribution is -0.137. The summed E-state index contributed by atoms with van der Waals surface area (Å²) in [5.41, 5.74) is 2.13. The van der Waals surface area contributed by atoms with Crippen LogP contribution >= 0.6 is 0 Å². The lowest BCUT2D eigenvalue weighted by Crippen LogP contribution is -1.98. The molecule has 0 saturated carbocycles. The summed E-state index contributed by atoms with van der Waals surface area (Å²) >= 11 is 0. The van der Waals surface area contributed by atoms with Crippen LogP contribution in [-0.2, 0) is 9.53 Å². The molecule has 2 nitrogen and oxygen atoms in total. The number of carbonyl (C=O) groups excluding carboxylic acids is 1. The molecule has 0 fully saturated rings. The van der Waals surface area contributed by atoms with Gasteiger partial charge in [-0.25, -0.2) is 4.79 Å². The van der Waals surface area contributed by atoms with Gasteiger partial charge in [-0.15, -0.1) is 0 Å². The minimum atomic E-state index is -0.304. The molecule has 17 heavy (non-hydrogen) atoms. The number of rotatable bonds is 5. The van der Waals surface area contributed by atoms with Crippen LogP contribution in [0.15, 0.2) is 36.4 Å². The fraction of sp³-hybridized carbons (Fsp3) is 0.267. The zero-order valence-corrected chi connectivity index (χ0v) is 10.3. The van der Waals surface area contributed by atoms with Crippen molar-refractivity contribution in [3.8, 4) is 0 Å². The van der Waals surface area contributed by atoms with Gasteiger partial charge in [0.25, 0.3) is 0 Å². The molecule has 0 aliphatic heterocycles. The molecule has 0 heterocycles. The summed E-state index contributed by atoms with van der Waals surface area (Å²) in [6, 6.07) is 7.99. The summed E-state index contributed by atoms with van der Waals surface area (Å²) in [4.78, 5) is 11.2. The average molecular weight is 230 g/mol. The Balaban J connectivity index is 2.71. The van der Waals surface area contributed by atoms with E-state index in [0.29, 0.717) is 6.61 Å². The average Bonchev–Trinajstić information content (AvgIpc) is 2.35. The second-order valence-electron chi connectivity index (χ2n) is 3.57. The van der Waals surface area contributed by atoms with Gasteiger partial charge in [-0.2, -0.15) is 0 Å². The normalized spacial score (nSPS) is 11.2. The molecule has 0 aliphatic carbocycles. The Labute approximate surface area is 103 Å². The minimum absolute atomic E-state index is 0.304. The van der Waals surface area contributed by atoms with Gasteiger partial charge in [0.2, 0.25) is 0 Å². The van der Waals surface area contributed by atoms with Crippen molar-refractivity contribution in [1.82, 2.24) is 0 Å². The Morgan fingerprint density at radius 2 is 1.94 bits per heavy atom. The fourth-order valence-electron chi connectivity index (χ4n) is 1.37. The van der Waals surface area contributed by atoms with Crippen molar-refractivity contribution in [1.29, 1.82) is 0 Å². The summed E-state index contributed by atoms with van der Waals surface area (Å²) in [5, 5.41) is 0. The van der Waals surface area contributed by atoms with E-state index in [4.69, 9.17) is 4.74 Å². The largest absolute Gasteiger partial charge is 0.463 e. The summed E-state index contributed by atoms with van der Waals surface area (Å²) in [7, 11) is 0. The third-order valence-corrected chi connectivity index (χ3v) is 2.16. The second-order valence-corrected chi connectivity index (χ2v) is 3.57. The molecule has 0 bridgehead atoms. The smallest absolute Gasteiger partial charge is 0.330 e. The van der Waals surface area contributed by atoms with Gasteiger partial charge in [-0.1, -0.05) is 37.3 Å². The molecule has 1 rings (SSSR count). The Bertz CT molecular complexity index is 417. The SMILES string of the molecule is CC/C=C/c1cccc(/C=C/C(=O)OCC)c1. The minimum Gasteiger partial charge on any atom is -0.463 e. The van der Waals surface area contributed by atoms with Crippen molar-refractivity contribution in [2.24, 2.45) is 0 Å². The first-order chi connectivity index (χ1) is 8.26. The van der Waals surface area contributed by atoms with Crippen LogP contribution in [0.25, 0.3) is 12.2 Å². The van der Waals surface area contributed by atoms with Crippen LogP contribution in [0, 0.1) is 0 Å². The maximum absolute atomic E-state index is 11.2. The van der Waals surface area contributed by atoms with Gasteiger partial charge in [0.05, 0.1) is 6.61 Å². The predicted molar refractivity (Wildman–Crippen MR) is 71.4 cm³/mol. The fourth-order valence-corrected chi connectivity index (χ4v) is 1.37. The molecule has 1 aromatic rings. The Kier molecular flexibility index (Phi) is 5.80. The highest BCUT2D eigenvalue weighted by Crippen LogP contribution is 2.09. The van der Waals surface area contributed by atoms with E-state index in [2.05, 4.69) is 19.1 Å². The molecule has 0 radical (unpaired) electrons. The number of ether oxygens (including phenoxy) is 1. The quantitative estimate of drug-likeness (QED) is 0.569. The van der Waals surface area contributed by atoms with E-state index >= 15 is 0 Å². The van der Waals surface area contributed by atoms with Gasteiger partial charge in [-0.3, -0.25) is 0 Å². The molecule has 0 aromatic heterocycles. The number of benzene rings is 1. The molecule has 0 spiro atoms. The number of allylic oxidation sites excluding steroid dienone is 1. The van der Waals surface area contributed by atoms with Gasteiger partial charge in [0.1, 0.15) is 0 Å². The first-order valence-corrected chi connectivity index (χ1v) is 5.87. The van der Waals surface area contributed by atoms with Crippen LogP contribution in [0.5, 0.6) is 0 Å². The van der Waals surface area contributed by atoms with E-state index in [1.807, 2.05) is 24.3 Å². The molecular formula is C15H18O2. The summed E-state index contributed by atoms with van der Waals surface area (Å²) < 4.78 is 4.82. The van der Waals surface area contributed by atoms with Crippen molar-refractivity contribution in [2.45, 2.75) is 20.3 Å². The predicted octanol–water partition coefficient (Wildman–Crippen LogP) is 3.69. The molecular weight excluding hydrogens is 212 g/mol. The van der Waals surface area contributed by atoms with Crippen molar-refractivity contribution >= 4 is 18.1 Å². The standard InChI is InChI=1S/C15H18O2/c1-3-5-7-13-8-6-9-14(12-13)10-11-15(16)17-4-2/h5-12H,3-4H2,1-2H3/b7-5+,11-10+. The van der Waals surface area contributed by atoms with Crippen LogP contribution in [0.1, 0.15) is 31.4 Å². The topological polar surface area (TPSA) is 26.3 Å². The number of hydrogen-bond donors (Lipinski definition) is 0. The monoisotopic (exact) mass is 230 g/mol. The Morgan fingerprint density at radius 1 is 1.24 bits per heavy atom. The first-order valence-electron chi connectivity index (χ1n) is 5.87. The van der Waals surface area contributed by atoms with Crippen molar-refractivity contribution in [3.63, 3.8) is 0 Å². The van der Waals surface area contributed by atoms with Crippen LogP contribution in [0.2, 0.25) is 0 Å². The van der Waals surface area contributed by atoms with Gasteiger partial charge in [-0.05, 0) is 36.6 Å². The van der Waals surface area contributed by atoms with E-state index in [9.17, 15) is 4.79 Å². The molecule has 2 heteroatoms. The first kappa shape index (κ1) is 13.2. The number of carbonyl (C=O) groups is 1. The maximum Gasteiger partial charge on any atom is 0.330 e. The molecule has 0 N–H and O–H groups in total. The zero-order valence-electron chi connectivity index (χ0n) is 10.3. The molecule has 0 amide bonds. The Morgan fingerprint density at radius 3 is 2.59 bits per heavy atom.